The standard InChI is InChI=1S/C13H24N4/c1-14-12(11-7-10-15-17(11)4)13(16(2)3)8-5-6-9-13/h7,10,12,14H,5-6,8-9H2,1-4H3. The van der Waals surface area contributed by atoms with E-state index in [-0.39, 0.29) is 5.54 Å². The predicted molar refractivity (Wildman–Crippen MR) is 69.9 cm³/mol. The molecule has 1 atom stereocenters. The molecule has 4 heteroatoms. The Labute approximate surface area is 104 Å². The van der Waals surface area contributed by atoms with E-state index in [1.807, 2.05) is 17.9 Å². The van der Waals surface area contributed by atoms with Gasteiger partial charge in [-0.3, -0.25) is 4.68 Å². The number of nitrogens with zero attached hydrogens (tertiary/aromatic N) is 3. The van der Waals surface area contributed by atoms with Gasteiger partial charge in [0.2, 0.25) is 0 Å². The Bertz CT molecular complexity index is 363. The molecule has 2 rings (SSSR count). The van der Waals surface area contributed by atoms with E-state index in [2.05, 4.69) is 42.5 Å². The van der Waals surface area contributed by atoms with E-state index >= 15 is 0 Å². The Balaban J connectivity index is 2.37. The highest BCUT2D eigenvalue weighted by Crippen LogP contribution is 2.42. The van der Waals surface area contributed by atoms with Crippen LogP contribution >= 0.6 is 0 Å². The largest absolute Gasteiger partial charge is 0.310 e. The highest BCUT2D eigenvalue weighted by atomic mass is 15.3. The molecule has 1 N–H and O–H groups in total. The molecule has 0 bridgehead atoms. The molecular weight excluding hydrogens is 212 g/mol. The average Bonchev–Trinajstić information content (AvgIpc) is 2.91. The highest BCUT2D eigenvalue weighted by Gasteiger charge is 2.44. The first kappa shape index (κ1) is 12.6. The summed E-state index contributed by atoms with van der Waals surface area (Å²) in [6, 6.07) is 2.48. The van der Waals surface area contributed by atoms with Gasteiger partial charge < -0.3 is 10.2 Å². The van der Waals surface area contributed by atoms with Gasteiger partial charge in [-0.05, 0) is 40.1 Å². The molecule has 1 aromatic rings. The molecule has 0 amide bonds. The molecule has 0 saturated heterocycles. The van der Waals surface area contributed by atoms with Crippen molar-refractivity contribution in [3.63, 3.8) is 0 Å². The van der Waals surface area contributed by atoms with E-state index in [1.165, 1.54) is 31.4 Å². The van der Waals surface area contributed by atoms with Crippen LogP contribution in [0.4, 0.5) is 0 Å². The van der Waals surface area contributed by atoms with E-state index in [9.17, 15) is 0 Å². The molecule has 1 heterocycles. The maximum atomic E-state index is 4.31. The molecule has 1 saturated carbocycles. The van der Waals surface area contributed by atoms with Gasteiger partial charge in [-0.2, -0.15) is 5.10 Å². The fraction of sp³-hybridized carbons (Fsp3) is 0.769. The summed E-state index contributed by atoms with van der Waals surface area (Å²) in [5.41, 5.74) is 1.52. The van der Waals surface area contributed by atoms with Crippen LogP contribution in [0, 0.1) is 0 Å². The van der Waals surface area contributed by atoms with Crippen LogP contribution in [0.5, 0.6) is 0 Å². The Hall–Kier alpha value is -0.870. The van der Waals surface area contributed by atoms with Crippen molar-refractivity contribution in [3.8, 4) is 0 Å². The summed E-state index contributed by atoms with van der Waals surface area (Å²) in [5, 5.41) is 7.81. The van der Waals surface area contributed by atoms with Crippen molar-refractivity contribution in [2.24, 2.45) is 7.05 Å². The molecule has 4 nitrogen and oxygen atoms in total. The van der Waals surface area contributed by atoms with Gasteiger partial charge in [-0.25, -0.2) is 0 Å². The van der Waals surface area contributed by atoms with Crippen LogP contribution < -0.4 is 5.32 Å². The van der Waals surface area contributed by atoms with Gasteiger partial charge in [0.05, 0.1) is 11.7 Å². The third-order valence-corrected chi connectivity index (χ3v) is 4.34. The SMILES string of the molecule is CNC(c1ccnn1C)C1(N(C)C)CCCC1. The number of aromatic nitrogens is 2. The number of nitrogens with one attached hydrogen (secondary N) is 1. The summed E-state index contributed by atoms with van der Waals surface area (Å²) in [4.78, 5) is 2.40. The van der Waals surface area contributed by atoms with Crippen molar-refractivity contribution in [3.05, 3.63) is 18.0 Å². The lowest BCUT2D eigenvalue weighted by molar-refractivity contribution is 0.105. The second-order valence-electron chi connectivity index (χ2n) is 5.31. The molecule has 1 aromatic heterocycles. The van der Waals surface area contributed by atoms with Gasteiger partial charge >= 0.3 is 0 Å². The number of hydrogen-bond donors (Lipinski definition) is 1. The summed E-state index contributed by atoms with van der Waals surface area (Å²) >= 11 is 0. The fourth-order valence-electron chi connectivity index (χ4n) is 3.34. The molecule has 0 radical (unpaired) electrons. The second-order valence-corrected chi connectivity index (χ2v) is 5.31. The second kappa shape index (κ2) is 4.78. The van der Waals surface area contributed by atoms with Gasteiger partial charge in [0, 0.05) is 18.8 Å². The first-order chi connectivity index (χ1) is 8.12. The summed E-state index contributed by atoms with van der Waals surface area (Å²) in [7, 11) is 8.48. The molecule has 1 aliphatic carbocycles. The van der Waals surface area contributed by atoms with Crippen LogP contribution in [0.2, 0.25) is 0 Å². The first-order valence-electron chi connectivity index (χ1n) is 6.44. The Morgan fingerprint density at radius 1 is 1.41 bits per heavy atom. The average molecular weight is 236 g/mol. The molecule has 1 fully saturated rings. The zero-order valence-electron chi connectivity index (χ0n) is 11.4. The monoisotopic (exact) mass is 236 g/mol. The molecule has 0 spiro atoms. The third-order valence-electron chi connectivity index (χ3n) is 4.34. The minimum atomic E-state index is 0.239. The Kier molecular flexibility index (Phi) is 3.54. The van der Waals surface area contributed by atoms with Crippen LogP contribution in [0.15, 0.2) is 12.3 Å². The topological polar surface area (TPSA) is 33.1 Å². The van der Waals surface area contributed by atoms with Gasteiger partial charge in [-0.1, -0.05) is 12.8 Å². The highest BCUT2D eigenvalue weighted by molar-refractivity contribution is 5.16. The summed E-state index contributed by atoms with van der Waals surface area (Å²) < 4.78 is 1.99. The van der Waals surface area contributed by atoms with Crippen LogP contribution in [0.1, 0.15) is 37.4 Å². The third kappa shape index (κ3) is 2.00. The maximum absolute atomic E-state index is 4.31. The van der Waals surface area contributed by atoms with Crippen LogP contribution in [-0.4, -0.2) is 41.4 Å². The van der Waals surface area contributed by atoms with E-state index in [1.54, 1.807) is 0 Å². The molecule has 17 heavy (non-hydrogen) atoms. The van der Waals surface area contributed by atoms with Crippen LogP contribution in [0.3, 0.4) is 0 Å². The van der Waals surface area contributed by atoms with Crippen LogP contribution in [-0.2, 0) is 7.05 Å². The van der Waals surface area contributed by atoms with Gasteiger partial charge in [0.1, 0.15) is 0 Å². The van der Waals surface area contributed by atoms with Crippen molar-refractivity contribution < 1.29 is 0 Å². The van der Waals surface area contributed by atoms with E-state index in [0.717, 1.165) is 0 Å². The number of likely N-dealkylation sites (N-methyl/N-ethyl adjacent to an activating group) is 2. The van der Waals surface area contributed by atoms with Crippen molar-refractivity contribution >= 4 is 0 Å². The quantitative estimate of drug-likeness (QED) is 0.861. The van der Waals surface area contributed by atoms with Crippen LogP contribution in [0.25, 0.3) is 0 Å². The van der Waals surface area contributed by atoms with E-state index < -0.39 is 0 Å². The smallest absolute Gasteiger partial charge is 0.0676 e. The zero-order chi connectivity index (χ0) is 12.5. The van der Waals surface area contributed by atoms with Crippen molar-refractivity contribution in [1.29, 1.82) is 0 Å². The van der Waals surface area contributed by atoms with Crippen molar-refractivity contribution in [2.75, 3.05) is 21.1 Å². The number of rotatable bonds is 4. The summed E-state index contributed by atoms with van der Waals surface area (Å²) in [5.74, 6) is 0. The van der Waals surface area contributed by atoms with Gasteiger partial charge in [-0.15, -0.1) is 0 Å². The minimum absolute atomic E-state index is 0.239. The van der Waals surface area contributed by atoms with Gasteiger partial charge in [0.25, 0.3) is 0 Å². The van der Waals surface area contributed by atoms with Crippen molar-refractivity contribution in [2.45, 2.75) is 37.3 Å². The normalized spacial score (nSPS) is 21.0. The lowest BCUT2D eigenvalue weighted by Gasteiger charge is -2.43. The molecule has 1 unspecified atom stereocenters. The molecule has 0 aliphatic heterocycles. The lowest BCUT2D eigenvalue weighted by atomic mass is 9.84. The zero-order valence-corrected chi connectivity index (χ0v) is 11.4. The Morgan fingerprint density at radius 3 is 2.47 bits per heavy atom. The minimum Gasteiger partial charge on any atom is -0.310 e. The number of hydrogen-bond acceptors (Lipinski definition) is 3. The van der Waals surface area contributed by atoms with Crippen molar-refractivity contribution in [1.82, 2.24) is 20.0 Å². The summed E-state index contributed by atoms with van der Waals surface area (Å²) in [6.45, 7) is 0. The molecule has 1 aliphatic rings. The molecule has 96 valence electrons. The van der Waals surface area contributed by atoms with E-state index in [4.69, 9.17) is 0 Å². The Morgan fingerprint density at radius 2 is 2.06 bits per heavy atom. The lowest BCUT2D eigenvalue weighted by Crippen LogP contribution is -2.51. The molecule has 0 aromatic carbocycles. The number of aryl methyl sites for hydroxylation is 1. The van der Waals surface area contributed by atoms with Gasteiger partial charge in [0.15, 0.2) is 0 Å². The first-order valence-corrected chi connectivity index (χ1v) is 6.44. The fourth-order valence-corrected chi connectivity index (χ4v) is 3.34. The predicted octanol–water partition coefficient (Wildman–Crippen LogP) is 1.55. The summed E-state index contributed by atoms with van der Waals surface area (Å²) in [6.07, 6.45) is 7.06. The molecular formula is C13H24N4. The van der Waals surface area contributed by atoms with E-state index in [0.29, 0.717) is 6.04 Å². The maximum Gasteiger partial charge on any atom is 0.0676 e.